The van der Waals surface area contributed by atoms with Crippen molar-refractivity contribution >= 4 is 28.4 Å². The Balaban J connectivity index is 2.21. The first-order chi connectivity index (χ1) is 8.56. The fourth-order valence-electron chi connectivity index (χ4n) is 1.79. The smallest absolute Gasteiger partial charge is 0.167 e. The zero-order chi connectivity index (χ0) is 13.1. The van der Waals surface area contributed by atoms with Gasteiger partial charge in [0, 0.05) is 15.6 Å². The van der Waals surface area contributed by atoms with Gasteiger partial charge in [-0.25, -0.2) is 4.39 Å². The van der Waals surface area contributed by atoms with Crippen molar-refractivity contribution in [1.29, 1.82) is 0 Å². The van der Waals surface area contributed by atoms with Gasteiger partial charge in [0.15, 0.2) is 5.78 Å². The third kappa shape index (κ3) is 3.16. The third-order valence-electron chi connectivity index (χ3n) is 2.80. The molecule has 0 radical (unpaired) electrons. The van der Waals surface area contributed by atoms with Gasteiger partial charge in [0.1, 0.15) is 5.82 Å². The van der Waals surface area contributed by atoms with E-state index in [1.807, 2.05) is 31.2 Å². The summed E-state index contributed by atoms with van der Waals surface area (Å²) in [6, 6.07) is 12.0. The van der Waals surface area contributed by atoms with Crippen molar-refractivity contribution in [2.45, 2.75) is 13.3 Å². The molecule has 2 aromatic carbocycles. The third-order valence-corrected chi connectivity index (χ3v) is 3.47. The van der Waals surface area contributed by atoms with Crippen LogP contribution in [0.1, 0.15) is 21.5 Å². The molecule has 0 aliphatic carbocycles. The second kappa shape index (κ2) is 5.61. The quantitative estimate of drug-likeness (QED) is 0.598. The fraction of sp³-hybridized carbons (Fsp3) is 0.133. The van der Waals surface area contributed by atoms with Crippen LogP contribution in [-0.4, -0.2) is 5.78 Å². The Morgan fingerprint density at radius 2 is 2.00 bits per heavy atom. The first kappa shape index (κ1) is 13.2. The normalized spacial score (nSPS) is 10.4. The Labute approximate surface area is 119 Å². The first-order valence-electron chi connectivity index (χ1n) is 5.60. The average Bonchev–Trinajstić information content (AvgIpc) is 2.32. The minimum absolute atomic E-state index is 0.0585. The Bertz CT molecular complexity index is 593. The molecule has 0 fully saturated rings. The van der Waals surface area contributed by atoms with Crippen molar-refractivity contribution in [3.8, 4) is 0 Å². The van der Waals surface area contributed by atoms with E-state index in [1.165, 1.54) is 12.1 Å². The predicted octanol–water partition coefficient (Wildman–Crippen LogP) is 4.16. The van der Waals surface area contributed by atoms with Crippen molar-refractivity contribution in [2.75, 3.05) is 0 Å². The fourth-order valence-corrected chi connectivity index (χ4v) is 2.34. The standard InChI is InChI=1S/C15H12FIO/c1-10-7-13(16)6-5-11(10)9-15(18)12-3-2-4-14(17)8-12/h2-8H,9H2,1H3. The van der Waals surface area contributed by atoms with Gasteiger partial charge in [0.05, 0.1) is 0 Å². The van der Waals surface area contributed by atoms with Crippen molar-refractivity contribution in [3.05, 3.63) is 68.5 Å². The SMILES string of the molecule is Cc1cc(F)ccc1CC(=O)c1cccc(I)c1. The minimum Gasteiger partial charge on any atom is -0.294 e. The molecule has 3 heteroatoms. The lowest BCUT2D eigenvalue weighted by molar-refractivity contribution is 0.0992. The minimum atomic E-state index is -0.266. The van der Waals surface area contributed by atoms with E-state index in [-0.39, 0.29) is 11.6 Å². The Morgan fingerprint density at radius 3 is 2.67 bits per heavy atom. The van der Waals surface area contributed by atoms with Gasteiger partial charge in [0.2, 0.25) is 0 Å². The van der Waals surface area contributed by atoms with Crippen molar-refractivity contribution in [3.63, 3.8) is 0 Å². The van der Waals surface area contributed by atoms with Crippen LogP contribution in [0, 0.1) is 16.3 Å². The molecular weight excluding hydrogens is 342 g/mol. The number of benzene rings is 2. The summed E-state index contributed by atoms with van der Waals surface area (Å²) in [5.41, 5.74) is 2.39. The summed E-state index contributed by atoms with van der Waals surface area (Å²) in [6.45, 7) is 1.82. The van der Waals surface area contributed by atoms with Crippen molar-refractivity contribution < 1.29 is 9.18 Å². The summed E-state index contributed by atoms with van der Waals surface area (Å²) in [6.07, 6.45) is 0.312. The van der Waals surface area contributed by atoms with E-state index in [0.717, 1.165) is 14.7 Å². The number of carbonyl (C=O) groups is 1. The van der Waals surface area contributed by atoms with Gasteiger partial charge >= 0.3 is 0 Å². The molecule has 0 saturated carbocycles. The first-order valence-corrected chi connectivity index (χ1v) is 6.68. The van der Waals surface area contributed by atoms with Crippen LogP contribution >= 0.6 is 22.6 Å². The van der Waals surface area contributed by atoms with E-state index in [9.17, 15) is 9.18 Å². The maximum absolute atomic E-state index is 13.0. The summed E-state index contributed by atoms with van der Waals surface area (Å²) >= 11 is 2.18. The number of hydrogen-bond donors (Lipinski definition) is 0. The zero-order valence-electron chi connectivity index (χ0n) is 9.91. The second-order valence-corrected chi connectivity index (χ2v) is 5.43. The molecule has 0 aliphatic heterocycles. The van der Waals surface area contributed by atoms with Gasteiger partial charge < -0.3 is 0 Å². The Hall–Kier alpha value is -1.23. The van der Waals surface area contributed by atoms with Gasteiger partial charge in [-0.05, 0) is 64.9 Å². The summed E-state index contributed by atoms with van der Waals surface area (Å²) in [7, 11) is 0. The van der Waals surface area contributed by atoms with Crippen molar-refractivity contribution in [2.24, 2.45) is 0 Å². The van der Waals surface area contributed by atoms with Gasteiger partial charge in [-0.1, -0.05) is 18.2 Å². The Kier molecular flexibility index (Phi) is 4.11. The van der Waals surface area contributed by atoms with Crippen LogP contribution in [0.3, 0.4) is 0 Å². The van der Waals surface area contributed by atoms with Crippen LogP contribution in [0.25, 0.3) is 0 Å². The molecular formula is C15H12FIO. The molecule has 18 heavy (non-hydrogen) atoms. The number of rotatable bonds is 3. The highest BCUT2D eigenvalue weighted by molar-refractivity contribution is 14.1. The van der Waals surface area contributed by atoms with Crippen LogP contribution in [-0.2, 0) is 6.42 Å². The van der Waals surface area contributed by atoms with Crippen LogP contribution in [0.15, 0.2) is 42.5 Å². The molecule has 0 unspecified atom stereocenters. The lowest BCUT2D eigenvalue weighted by Gasteiger charge is -2.05. The number of halogens is 2. The molecule has 0 amide bonds. The molecule has 1 nitrogen and oxygen atoms in total. The van der Waals surface area contributed by atoms with Gasteiger partial charge in [0.25, 0.3) is 0 Å². The molecule has 2 rings (SSSR count). The number of hydrogen-bond acceptors (Lipinski definition) is 1. The van der Waals surface area contributed by atoms with E-state index in [4.69, 9.17) is 0 Å². The number of aryl methyl sites for hydroxylation is 1. The number of ketones is 1. The van der Waals surface area contributed by atoms with Crippen LogP contribution < -0.4 is 0 Å². The summed E-state index contributed by atoms with van der Waals surface area (Å²) in [4.78, 5) is 12.1. The zero-order valence-corrected chi connectivity index (χ0v) is 12.1. The van der Waals surface area contributed by atoms with Crippen molar-refractivity contribution in [1.82, 2.24) is 0 Å². The molecule has 92 valence electrons. The molecule has 0 aliphatic rings. The predicted molar refractivity (Wildman–Crippen MR) is 78.3 cm³/mol. The second-order valence-electron chi connectivity index (χ2n) is 4.18. The van der Waals surface area contributed by atoms with Gasteiger partial charge in [-0.15, -0.1) is 0 Å². The van der Waals surface area contributed by atoms with E-state index in [0.29, 0.717) is 12.0 Å². The van der Waals surface area contributed by atoms with Crippen LogP contribution in [0.4, 0.5) is 4.39 Å². The molecule has 0 bridgehead atoms. The lowest BCUT2D eigenvalue weighted by atomic mass is 9.99. The average molecular weight is 354 g/mol. The Morgan fingerprint density at radius 1 is 1.22 bits per heavy atom. The van der Waals surface area contributed by atoms with E-state index in [1.54, 1.807) is 6.07 Å². The van der Waals surface area contributed by atoms with Crippen LogP contribution in [0.2, 0.25) is 0 Å². The summed E-state index contributed by atoms with van der Waals surface area (Å²) in [5, 5.41) is 0. The number of Topliss-reactive ketones (excluding diaryl/α,β-unsaturated/α-hetero) is 1. The molecule has 0 N–H and O–H groups in total. The van der Waals surface area contributed by atoms with Gasteiger partial charge in [-0.2, -0.15) is 0 Å². The van der Waals surface area contributed by atoms with E-state index in [2.05, 4.69) is 22.6 Å². The topological polar surface area (TPSA) is 17.1 Å². The molecule has 2 aromatic rings. The molecule has 0 spiro atoms. The lowest BCUT2D eigenvalue weighted by Crippen LogP contribution is -2.05. The number of carbonyl (C=O) groups excluding carboxylic acids is 1. The summed E-state index contributed by atoms with van der Waals surface area (Å²) < 4.78 is 14.0. The highest BCUT2D eigenvalue weighted by Crippen LogP contribution is 2.15. The molecule has 0 aromatic heterocycles. The maximum Gasteiger partial charge on any atom is 0.167 e. The molecule has 0 heterocycles. The monoisotopic (exact) mass is 354 g/mol. The maximum atomic E-state index is 13.0. The summed E-state index contributed by atoms with van der Waals surface area (Å²) in [5.74, 6) is -0.207. The van der Waals surface area contributed by atoms with E-state index >= 15 is 0 Å². The van der Waals surface area contributed by atoms with Gasteiger partial charge in [-0.3, -0.25) is 4.79 Å². The molecule has 0 atom stereocenters. The highest BCUT2D eigenvalue weighted by atomic mass is 127. The van der Waals surface area contributed by atoms with Crippen LogP contribution in [0.5, 0.6) is 0 Å². The highest BCUT2D eigenvalue weighted by Gasteiger charge is 2.09. The van der Waals surface area contributed by atoms with E-state index < -0.39 is 0 Å². The molecule has 0 saturated heterocycles. The largest absolute Gasteiger partial charge is 0.294 e.